The average molecular weight is 185 g/mol. The fraction of sp³-hybridized carbons (Fsp3) is 0. The summed E-state index contributed by atoms with van der Waals surface area (Å²) in [5.74, 6) is -1.17. The Kier molecular flexibility index (Phi) is 2.18. The Morgan fingerprint density at radius 3 is 2.77 bits per heavy atom. The van der Waals surface area contributed by atoms with Crippen LogP contribution in [0.25, 0.3) is 0 Å². The van der Waals surface area contributed by atoms with Crippen molar-refractivity contribution in [3.63, 3.8) is 0 Å². The smallest absolute Gasteiger partial charge is 0.277 e. The molecule has 0 unspecified atom stereocenters. The second-order valence-corrected chi connectivity index (χ2v) is 2.24. The van der Waals surface area contributed by atoms with Crippen LogP contribution in [0.4, 0.5) is 21.8 Å². The second-order valence-electron chi connectivity index (χ2n) is 2.24. The molecule has 0 spiro atoms. The molecule has 1 aromatic heterocycles. The molecule has 1 rings (SSSR count). The van der Waals surface area contributed by atoms with Gasteiger partial charge in [0.05, 0.1) is 0 Å². The van der Waals surface area contributed by atoms with E-state index in [1.807, 2.05) is 0 Å². The van der Waals surface area contributed by atoms with Crippen LogP contribution in [-0.2, 0) is 0 Å². The maximum Gasteiger partial charge on any atom is 0.277 e. The largest absolute Gasteiger partial charge is 0.391 e. The zero-order valence-corrected chi connectivity index (χ0v) is 6.60. The molecule has 0 aliphatic heterocycles. The Balaban J connectivity index is 3.20. The van der Waals surface area contributed by atoms with Gasteiger partial charge >= 0.3 is 0 Å². The number of nitrogens with one attached hydrogen (secondary N) is 2. The summed E-state index contributed by atoms with van der Waals surface area (Å²) in [5.41, 5.74) is 9.59. The van der Waals surface area contributed by atoms with E-state index in [0.717, 1.165) is 0 Å². The van der Waals surface area contributed by atoms with Gasteiger partial charge in [-0.3, -0.25) is 9.78 Å². The van der Waals surface area contributed by atoms with Crippen molar-refractivity contribution in [2.75, 3.05) is 16.8 Å². The van der Waals surface area contributed by atoms with Crippen LogP contribution in [0.15, 0.2) is 17.3 Å². The Bertz CT molecular complexity index is 399. The molecule has 1 heterocycles. The van der Waals surface area contributed by atoms with Crippen LogP contribution in [0, 0.1) is 0 Å². The van der Waals surface area contributed by atoms with Crippen LogP contribution >= 0.6 is 0 Å². The first-order chi connectivity index (χ1) is 6.00. The van der Waals surface area contributed by atoms with Gasteiger partial charge in [0.15, 0.2) is 11.8 Å². The van der Waals surface area contributed by atoms with E-state index in [9.17, 15) is 9.18 Å². The van der Waals surface area contributed by atoms with Crippen molar-refractivity contribution in [1.29, 1.82) is 0 Å². The molecule has 0 aromatic carbocycles. The van der Waals surface area contributed by atoms with Gasteiger partial charge < -0.3 is 16.8 Å². The van der Waals surface area contributed by atoms with Gasteiger partial charge in [0, 0.05) is 0 Å². The Labute approximate surface area is 72.5 Å². The summed E-state index contributed by atoms with van der Waals surface area (Å²) in [5, 5.41) is 2.06. The first kappa shape index (κ1) is 9.04. The van der Waals surface area contributed by atoms with Gasteiger partial charge in [-0.15, -0.1) is 0 Å². The third kappa shape index (κ3) is 1.95. The topological polar surface area (TPSA) is 110 Å². The average Bonchev–Trinajstić information content (AvgIpc) is 1.98. The quantitative estimate of drug-likeness (QED) is 0.476. The van der Waals surface area contributed by atoms with Gasteiger partial charge in [-0.25, -0.2) is 0 Å². The molecule has 6 nitrogen and oxygen atoms in total. The molecule has 7 heteroatoms. The van der Waals surface area contributed by atoms with Gasteiger partial charge in [0.25, 0.3) is 5.56 Å². The summed E-state index contributed by atoms with van der Waals surface area (Å²) in [6, 6.07) is 0. The third-order valence-electron chi connectivity index (χ3n) is 1.23. The van der Waals surface area contributed by atoms with Gasteiger partial charge in [-0.1, -0.05) is 0 Å². The van der Waals surface area contributed by atoms with E-state index in [4.69, 9.17) is 11.5 Å². The van der Waals surface area contributed by atoms with E-state index < -0.39 is 11.5 Å². The van der Waals surface area contributed by atoms with E-state index in [2.05, 4.69) is 21.9 Å². The molecule has 0 saturated carbocycles. The molecule has 0 aliphatic carbocycles. The van der Waals surface area contributed by atoms with Crippen molar-refractivity contribution in [3.8, 4) is 0 Å². The van der Waals surface area contributed by atoms with E-state index >= 15 is 0 Å². The van der Waals surface area contributed by atoms with Gasteiger partial charge in [-0.2, -0.15) is 9.37 Å². The minimum atomic E-state index is -0.871. The van der Waals surface area contributed by atoms with Crippen LogP contribution < -0.4 is 22.3 Å². The lowest BCUT2D eigenvalue weighted by molar-refractivity contribution is 0.650. The normalized spacial score (nSPS) is 9.62. The first-order valence-corrected chi connectivity index (χ1v) is 3.27. The summed E-state index contributed by atoms with van der Waals surface area (Å²) >= 11 is 0. The lowest BCUT2D eigenvalue weighted by atomic mass is 10.5. The molecule has 0 amide bonds. The number of nitrogens with zero attached hydrogens (tertiary/aromatic N) is 1. The Morgan fingerprint density at radius 1 is 1.62 bits per heavy atom. The SMILES string of the molecule is C=C(F)Nc1nc(N)[nH]c(=O)c1N. The number of anilines is 3. The van der Waals surface area contributed by atoms with Crippen molar-refractivity contribution in [2.45, 2.75) is 0 Å². The summed E-state index contributed by atoms with van der Waals surface area (Å²) in [6.07, 6.45) is 0. The number of hydrogen-bond donors (Lipinski definition) is 4. The van der Waals surface area contributed by atoms with E-state index in [1.165, 1.54) is 0 Å². The minimum Gasteiger partial charge on any atom is -0.391 e. The maximum atomic E-state index is 12.3. The number of aromatic amines is 1. The molecule has 0 bridgehead atoms. The Morgan fingerprint density at radius 2 is 2.23 bits per heavy atom. The number of rotatable bonds is 2. The predicted molar refractivity (Wildman–Crippen MR) is 47.6 cm³/mol. The highest BCUT2D eigenvalue weighted by Crippen LogP contribution is 2.12. The van der Waals surface area contributed by atoms with Crippen LogP contribution in [0.2, 0.25) is 0 Å². The molecule has 0 radical (unpaired) electrons. The van der Waals surface area contributed by atoms with Gasteiger partial charge in [0.1, 0.15) is 5.69 Å². The highest BCUT2D eigenvalue weighted by Gasteiger charge is 2.06. The fourth-order valence-corrected chi connectivity index (χ4v) is 0.724. The van der Waals surface area contributed by atoms with Gasteiger partial charge in [-0.05, 0) is 6.58 Å². The van der Waals surface area contributed by atoms with Gasteiger partial charge in [0.2, 0.25) is 5.95 Å². The molecule has 0 fully saturated rings. The highest BCUT2D eigenvalue weighted by atomic mass is 19.1. The molecule has 0 aliphatic rings. The zero-order chi connectivity index (χ0) is 10.0. The first-order valence-electron chi connectivity index (χ1n) is 3.27. The third-order valence-corrected chi connectivity index (χ3v) is 1.23. The number of H-pyrrole nitrogens is 1. The molecular weight excluding hydrogens is 177 g/mol. The molecule has 0 atom stereocenters. The minimum absolute atomic E-state index is 0.145. The monoisotopic (exact) mass is 185 g/mol. The second kappa shape index (κ2) is 3.13. The van der Waals surface area contributed by atoms with Crippen molar-refractivity contribution in [2.24, 2.45) is 0 Å². The summed E-state index contributed by atoms with van der Waals surface area (Å²) in [4.78, 5) is 16.7. The van der Waals surface area contributed by atoms with E-state index in [0.29, 0.717) is 0 Å². The van der Waals surface area contributed by atoms with Crippen molar-refractivity contribution >= 4 is 17.5 Å². The summed E-state index contributed by atoms with van der Waals surface area (Å²) < 4.78 is 12.3. The summed E-state index contributed by atoms with van der Waals surface area (Å²) in [6.45, 7) is 2.92. The highest BCUT2D eigenvalue weighted by molar-refractivity contribution is 5.62. The predicted octanol–water partition coefficient (Wildman–Crippen LogP) is -0.213. The van der Waals surface area contributed by atoms with Crippen molar-refractivity contribution in [1.82, 2.24) is 9.97 Å². The standard InChI is InChI=1S/C6H8FN5O/c1-2(7)10-4-3(8)5(13)12-6(9)11-4/h1,8H2,(H4,9,10,11,12,13). The number of aromatic nitrogens is 2. The number of nitrogen functional groups attached to an aromatic ring is 2. The fourth-order valence-electron chi connectivity index (χ4n) is 0.724. The lowest BCUT2D eigenvalue weighted by Crippen LogP contribution is -2.18. The van der Waals surface area contributed by atoms with Crippen LogP contribution in [-0.4, -0.2) is 9.97 Å². The summed E-state index contributed by atoms with van der Waals surface area (Å²) in [7, 11) is 0. The zero-order valence-electron chi connectivity index (χ0n) is 6.60. The van der Waals surface area contributed by atoms with Crippen LogP contribution in [0.5, 0.6) is 0 Å². The maximum absolute atomic E-state index is 12.3. The molecule has 13 heavy (non-hydrogen) atoms. The van der Waals surface area contributed by atoms with Crippen LogP contribution in [0.1, 0.15) is 0 Å². The van der Waals surface area contributed by atoms with E-state index in [1.54, 1.807) is 0 Å². The van der Waals surface area contributed by atoms with E-state index in [-0.39, 0.29) is 17.5 Å². The lowest BCUT2D eigenvalue weighted by Gasteiger charge is -2.04. The molecular formula is C6H8FN5O. The number of nitrogens with two attached hydrogens (primary N) is 2. The molecule has 70 valence electrons. The number of hydrogen-bond acceptors (Lipinski definition) is 5. The number of halogens is 1. The molecule has 1 aromatic rings. The Hall–Kier alpha value is -2.05. The molecule has 6 N–H and O–H groups in total. The van der Waals surface area contributed by atoms with Crippen molar-refractivity contribution < 1.29 is 4.39 Å². The molecule has 0 saturated heterocycles. The van der Waals surface area contributed by atoms with Crippen molar-refractivity contribution in [3.05, 3.63) is 22.9 Å². The van der Waals surface area contributed by atoms with Crippen LogP contribution in [0.3, 0.4) is 0 Å².